The number of aryl methyl sites for hydroxylation is 1. The number of aromatic hydroxyl groups is 1. The molecule has 6 nitrogen and oxygen atoms in total. The maximum atomic E-state index is 14.6. The minimum Gasteiger partial charge on any atom is -0.503 e. The Hall–Kier alpha value is -2.95. The van der Waals surface area contributed by atoms with Gasteiger partial charge in [-0.25, -0.2) is 13.8 Å². The summed E-state index contributed by atoms with van der Waals surface area (Å²) >= 11 is 0. The summed E-state index contributed by atoms with van der Waals surface area (Å²) in [5.74, 6) is -4.78. The van der Waals surface area contributed by atoms with Gasteiger partial charge in [-0.2, -0.15) is 18.3 Å². The van der Waals surface area contributed by atoms with Crippen LogP contribution < -0.4 is 5.32 Å². The zero-order chi connectivity index (χ0) is 23.4. The first-order chi connectivity index (χ1) is 14.9. The third-order valence-corrected chi connectivity index (χ3v) is 5.52. The van der Waals surface area contributed by atoms with Crippen molar-refractivity contribution in [2.45, 2.75) is 44.5 Å². The van der Waals surface area contributed by atoms with Gasteiger partial charge in [-0.05, 0) is 32.8 Å². The Morgan fingerprint density at radius 3 is 2.59 bits per heavy atom. The number of nitrogens with one attached hydrogen (secondary N) is 1. The Morgan fingerprint density at radius 2 is 1.94 bits per heavy atom. The summed E-state index contributed by atoms with van der Waals surface area (Å²) in [6.07, 6.45) is -2.23. The number of rotatable bonds is 3. The van der Waals surface area contributed by atoms with E-state index in [2.05, 4.69) is 15.4 Å². The third-order valence-electron chi connectivity index (χ3n) is 5.52. The molecular formula is C21H21F5N4O2. The van der Waals surface area contributed by atoms with E-state index in [-0.39, 0.29) is 22.7 Å². The van der Waals surface area contributed by atoms with Crippen LogP contribution in [0.25, 0.3) is 22.2 Å². The van der Waals surface area contributed by atoms with Gasteiger partial charge in [0.2, 0.25) is 0 Å². The van der Waals surface area contributed by atoms with Crippen molar-refractivity contribution < 1.29 is 31.8 Å². The molecule has 2 aromatic heterocycles. The van der Waals surface area contributed by atoms with Crippen molar-refractivity contribution in [2.75, 3.05) is 11.9 Å². The molecule has 1 fully saturated rings. The number of ether oxygens (including phenoxy) is 1. The van der Waals surface area contributed by atoms with Crippen LogP contribution in [0.4, 0.5) is 27.8 Å². The van der Waals surface area contributed by atoms with Gasteiger partial charge in [0, 0.05) is 42.9 Å². The Morgan fingerprint density at radius 1 is 1.22 bits per heavy atom. The molecule has 0 radical (unpaired) electrons. The van der Waals surface area contributed by atoms with E-state index in [1.165, 1.54) is 10.9 Å². The first-order valence-electron chi connectivity index (χ1n) is 9.89. The number of pyridine rings is 1. The fourth-order valence-electron chi connectivity index (χ4n) is 4.00. The van der Waals surface area contributed by atoms with Crippen LogP contribution in [0.5, 0.6) is 5.75 Å². The Balaban J connectivity index is 1.76. The molecule has 172 valence electrons. The number of aromatic nitrogens is 3. The zero-order valence-corrected chi connectivity index (χ0v) is 17.5. The quantitative estimate of drug-likeness (QED) is 0.543. The van der Waals surface area contributed by atoms with Gasteiger partial charge in [-0.1, -0.05) is 0 Å². The number of alkyl halides is 3. The average Bonchev–Trinajstić information content (AvgIpc) is 3.00. The number of hydrogen-bond acceptors (Lipinski definition) is 5. The molecule has 1 aromatic carbocycles. The smallest absolute Gasteiger partial charge is 0.419 e. The van der Waals surface area contributed by atoms with Gasteiger partial charge in [0.05, 0.1) is 16.7 Å². The predicted octanol–water partition coefficient (Wildman–Crippen LogP) is 5.01. The van der Waals surface area contributed by atoms with Crippen molar-refractivity contribution >= 4 is 16.7 Å². The summed E-state index contributed by atoms with van der Waals surface area (Å²) in [5, 5.41) is 17.3. The van der Waals surface area contributed by atoms with Crippen LogP contribution in [-0.4, -0.2) is 38.1 Å². The van der Waals surface area contributed by atoms with E-state index >= 15 is 0 Å². The van der Waals surface area contributed by atoms with Crippen molar-refractivity contribution in [3.8, 4) is 17.0 Å². The van der Waals surface area contributed by atoms with Crippen LogP contribution >= 0.6 is 0 Å². The van der Waals surface area contributed by atoms with E-state index < -0.39 is 34.7 Å². The predicted molar refractivity (Wildman–Crippen MR) is 107 cm³/mol. The van der Waals surface area contributed by atoms with Gasteiger partial charge in [0.1, 0.15) is 11.5 Å². The summed E-state index contributed by atoms with van der Waals surface area (Å²) in [5.41, 5.74) is -2.44. The third kappa shape index (κ3) is 3.96. The second-order valence-electron chi connectivity index (χ2n) is 8.45. The maximum Gasteiger partial charge on any atom is 0.419 e. The SMILES string of the molecule is Cn1nc(-c2cc(C(F)(F)F)c(F)c(O)c2F)c2cnc(NC3CCOC(C)(C)C3)cc21. The minimum atomic E-state index is -5.12. The molecule has 1 atom stereocenters. The molecule has 0 spiro atoms. The van der Waals surface area contributed by atoms with Gasteiger partial charge >= 0.3 is 6.18 Å². The molecular weight excluding hydrogens is 435 g/mol. The monoisotopic (exact) mass is 456 g/mol. The number of nitrogens with zero attached hydrogens (tertiary/aromatic N) is 3. The fourth-order valence-corrected chi connectivity index (χ4v) is 4.00. The lowest BCUT2D eigenvalue weighted by atomic mass is 9.94. The summed E-state index contributed by atoms with van der Waals surface area (Å²) in [7, 11) is 1.54. The van der Waals surface area contributed by atoms with Crippen LogP contribution in [-0.2, 0) is 18.0 Å². The van der Waals surface area contributed by atoms with E-state index in [0.717, 1.165) is 12.8 Å². The number of fused-ring (bicyclic) bond motifs is 1. The summed E-state index contributed by atoms with van der Waals surface area (Å²) in [4.78, 5) is 4.30. The topological polar surface area (TPSA) is 72.2 Å². The van der Waals surface area contributed by atoms with Crippen molar-refractivity contribution in [3.05, 3.63) is 35.5 Å². The molecule has 0 aliphatic carbocycles. The van der Waals surface area contributed by atoms with Crippen LogP contribution in [0.3, 0.4) is 0 Å². The lowest BCUT2D eigenvalue weighted by Gasteiger charge is -2.36. The number of anilines is 1. The summed E-state index contributed by atoms with van der Waals surface area (Å²) < 4.78 is 75.0. The molecule has 0 saturated carbocycles. The molecule has 3 heterocycles. The molecule has 2 N–H and O–H groups in total. The fraction of sp³-hybridized carbons (Fsp3) is 0.429. The first kappa shape index (κ1) is 22.3. The van der Waals surface area contributed by atoms with E-state index in [0.29, 0.717) is 24.0 Å². The summed E-state index contributed by atoms with van der Waals surface area (Å²) in [6, 6.07) is 2.07. The lowest BCUT2D eigenvalue weighted by molar-refractivity contribution is -0.140. The molecule has 1 saturated heterocycles. The highest BCUT2D eigenvalue weighted by Crippen LogP contribution is 2.41. The van der Waals surface area contributed by atoms with Crippen molar-refractivity contribution in [1.82, 2.24) is 14.8 Å². The van der Waals surface area contributed by atoms with Crippen molar-refractivity contribution in [3.63, 3.8) is 0 Å². The molecule has 1 aliphatic heterocycles. The van der Waals surface area contributed by atoms with Gasteiger partial charge in [0.25, 0.3) is 0 Å². The number of halogens is 5. The van der Waals surface area contributed by atoms with E-state index in [1.807, 2.05) is 13.8 Å². The highest BCUT2D eigenvalue weighted by atomic mass is 19.4. The molecule has 0 bridgehead atoms. The van der Waals surface area contributed by atoms with Crippen LogP contribution in [0.2, 0.25) is 0 Å². The van der Waals surface area contributed by atoms with Gasteiger partial charge < -0.3 is 15.2 Å². The molecule has 1 unspecified atom stereocenters. The molecule has 0 amide bonds. The lowest BCUT2D eigenvalue weighted by Crippen LogP contribution is -2.40. The van der Waals surface area contributed by atoms with Gasteiger partial charge in [-0.15, -0.1) is 0 Å². The van der Waals surface area contributed by atoms with Gasteiger partial charge in [0.15, 0.2) is 17.4 Å². The zero-order valence-electron chi connectivity index (χ0n) is 17.5. The Labute approximate surface area is 180 Å². The molecule has 11 heteroatoms. The first-order valence-corrected chi connectivity index (χ1v) is 9.89. The normalized spacial score (nSPS) is 18.8. The Bertz CT molecular complexity index is 1190. The molecule has 3 aromatic rings. The minimum absolute atomic E-state index is 0.109. The van der Waals surface area contributed by atoms with E-state index in [1.54, 1.807) is 13.1 Å². The van der Waals surface area contributed by atoms with Crippen molar-refractivity contribution in [2.24, 2.45) is 7.05 Å². The average molecular weight is 456 g/mol. The van der Waals surface area contributed by atoms with E-state index in [4.69, 9.17) is 4.74 Å². The standard InChI is InChI=1S/C21H21F5N4O2/c1-20(2)8-10(4-5-32-20)28-15-7-14-12(9-27-15)18(29-30(14)3)11-6-13(21(24,25)26)17(23)19(31)16(11)22/h6-7,9-10,31H,4-5,8H2,1-3H3,(H,27,28). The van der Waals surface area contributed by atoms with Crippen LogP contribution in [0, 0.1) is 11.6 Å². The van der Waals surface area contributed by atoms with Crippen LogP contribution in [0.15, 0.2) is 18.3 Å². The van der Waals surface area contributed by atoms with Crippen LogP contribution in [0.1, 0.15) is 32.3 Å². The van der Waals surface area contributed by atoms with Crippen molar-refractivity contribution in [1.29, 1.82) is 0 Å². The highest BCUT2D eigenvalue weighted by molar-refractivity contribution is 5.94. The van der Waals surface area contributed by atoms with Gasteiger partial charge in [-0.3, -0.25) is 4.68 Å². The summed E-state index contributed by atoms with van der Waals surface area (Å²) in [6.45, 7) is 4.58. The molecule has 4 rings (SSSR count). The number of phenols is 1. The maximum absolute atomic E-state index is 14.6. The molecule has 32 heavy (non-hydrogen) atoms. The van der Waals surface area contributed by atoms with E-state index in [9.17, 15) is 27.1 Å². The highest BCUT2D eigenvalue weighted by Gasteiger charge is 2.38. The number of hydrogen-bond donors (Lipinski definition) is 2. The number of phenolic OH excluding ortho intramolecular Hbond substituents is 1. The second-order valence-corrected chi connectivity index (χ2v) is 8.45. The largest absolute Gasteiger partial charge is 0.503 e. The molecule has 1 aliphatic rings. The Kier molecular flexibility index (Phi) is 5.27. The number of benzene rings is 1. The second kappa shape index (κ2) is 7.58.